The summed E-state index contributed by atoms with van der Waals surface area (Å²) < 4.78 is 41.3. The lowest BCUT2D eigenvalue weighted by Gasteiger charge is -2.36. The Kier molecular flexibility index (Phi) is 15.7. The van der Waals surface area contributed by atoms with Crippen LogP contribution in [0.4, 0.5) is 18.9 Å². The van der Waals surface area contributed by atoms with Gasteiger partial charge in [0.2, 0.25) is 0 Å². The van der Waals surface area contributed by atoms with Gasteiger partial charge in [-0.3, -0.25) is 24.8 Å². The van der Waals surface area contributed by atoms with Crippen LogP contribution in [-0.4, -0.2) is 95.2 Å². The molecule has 0 spiro atoms. The molecule has 282 valence electrons. The fourth-order valence-corrected chi connectivity index (χ4v) is 5.97. The van der Waals surface area contributed by atoms with E-state index in [0.29, 0.717) is 44.0 Å². The summed E-state index contributed by atoms with van der Waals surface area (Å²) >= 11 is 0. The van der Waals surface area contributed by atoms with Crippen molar-refractivity contribution in [2.45, 2.75) is 58.4 Å². The molecule has 1 amide bonds. The monoisotopic (exact) mass is 723 g/mol. The number of carbonyl (C=O) groups excluding carboxylic acids is 1. The molecule has 0 aliphatic carbocycles. The second-order valence-electron chi connectivity index (χ2n) is 12.8. The lowest BCUT2D eigenvalue weighted by Crippen LogP contribution is -2.46. The van der Waals surface area contributed by atoms with Crippen molar-refractivity contribution in [3.63, 3.8) is 0 Å². The van der Waals surface area contributed by atoms with E-state index >= 15 is 0 Å². The van der Waals surface area contributed by atoms with E-state index in [1.54, 1.807) is 30.6 Å². The number of nitrogens with one attached hydrogen (secondary N) is 3. The zero-order valence-corrected chi connectivity index (χ0v) is 30.2. The quantitative estimate of drug-likeness (QED) is 0.105. The first-order valence-electron chi connectivity index (χ1n) is 17.9. The van der Waals surface area contributed by atoms with Gasteiger partial charge in [-0.15, -0.1) is 0 Å². The standard InChI is InChI=1S/C29H28F3N5O.C10H24N2O2/c1-21-24(20-35-14-16-36(17-15-35)26-9-5-8-25(19-26)29(30,31)32)18-27(22-6-3-2-4-7-22)37(21)34-28(38)23-10-12-33-13-11-23;1-3-9(7-13)11-5-6-12-10(4-2)8-14/h2-13,18-19H,14-17,20H2,1H3,(H,34,38);9-14H,3-8H2,1-2H3/t;9-,10-/m.0/s1. The Morgan fingerprint density at radius 2 is 1.46 bits per heavy atom. The van der Waals surface area contributed by atoms with Crippen molar-refractivity contribution in [1.29, 1.82) is 0 Å². The highest BCUT2D eigenvalue weighted by Crippen LogP contribution is 2.32. The van der Waals surface area contributed by atoms with Gasteiger partial charge < -0.3 is 25.7 Å². The third kappa shape index (κ3) is 11.6. The van der Waals surface area contributed by atoms with E-state index < -0.39 is 11.7 Å². The third-order valence-electron chi connectivity index (χ3n) is 9.30. The van der Waals surface area contributed by atoms with E-state index in [1.807, 2.05) is 60.7 Å². The summed E-state index contributed by atoms with van der Waals surface area (Å²) in [6.07, 6.45) is 0.688. The molecule has 1 aliphatic rings. The summed E-state index contributed by atoms with van der Waals surface area (Å²) in [5.41, 5.74) is 7.36. The summed E-state index contributed by atoms with van der Waals surface area (Å²) in [6.45, 7) is 11.5. The number of benzene rings is 2. The van der Waals surface area contributed by atoms with Crippen molar-refractivity contribution in [3.8, 4) is 11.3 Å². The molecule has 52 heavy (non-hydrogen) atoms. The number of amides is 1. The maximum atomic E-state index is 13.2. The highest BCUT2D eigenvalue weighted by atomic mass is 19.4. The normalized spacial score (nSPS) is 14.7. The Morgan fingerprint density at radius 3 is 2.02 bits per heavy atom. The van der Waals surface area contributed by atoms with Crippen molar-refractivity contribution >= 4 is 11.6 Å². The number of aliphatic hydroxyl groups is 2. The van der Waals surface area contributed by atoms with Crippen LogP contribution in [0.1, 0.15) is 53.9 Å². The van der Waals surface area contributed by atoms with E-state index in [0.717, 1.165) is 54.5 Å². The Balaban J connectivity index is 0.000000368. The van der Waals surface area contributed by atoms with Gasteiger partial charge in [0.25, 0.3) is 5.91 Å². The first kappa shape index (κ1) is 40.5. The van der Waals surface area contributed by atoms with Gasteiger partial charge in [0.1, 0.15) is 0 Å². The lowest BCUT2D eigenvalue weighted by molar-refractivity contribution is -0.137. The smallest absolute Gasteiger partial charge is 0.395 e. The Bertz CT molecular complexity index is 1620. The van der Waals surface area contributed by atoms with Crippen molar-refractivity contribution < 1.29 is 28.2 Å². The van der Waals surface area contributed by atoms with Crippen molar-refractivity contribution in [3.05, 3.63) is 108 Å². The summed E-state index contributed by atoms with van der Waals surface area (Å²) in [5, 5.41) is 24.3. The molecule has 3 heterocycles. The van der Waals surface area contributed by atoms with E-state index in [2.05, 4.69) is 32.0 Å². The Hall–Kier alpha value is -4.27. The van der Waals surface area contributed by atoms with Crippen LogP contribution < -0.4 is 21.0 Å². The zero-order chi connectivity index (χ0) is 37.5. The predicted molar refractivity (Wildman–Crippen MR) is 200 cm³/mol. The Morgan fingerprint density at radius 1 is 0.846 bits per heavy atom. The molecule has 4 aromatic rings. The van der Waals surface area contributed by atoms with Gasteiger partial charge in [-0.1, -0.05) is 50.2 Å². The topological polar surface area (TPSA) is 118 Å². The molecule has 0 radical (unpaired) electrons. The summed E-state index contributed by atoms with van der Waals surface area (Å²) in [7, 11) is 0. The molecule has 0 unspecified atom stereocenters. The first-order chi connectivity index (χ1) is 25.1. The SMILES string of the molecule is CC[C@@H](CO)NCCN[C@@H](CC)CO.Cc1c(CN2CCN(c3cccc(C(F)(F)F)c3)CC2)cc(-c2ccccc2)n1NC(=O)c1ccncc1. The van der Waals surface area contributed by atoms with Gasteiger partial charge in [0.15, 0.2) is 0 Å². The molecule has 1 aliphatic heterocycles. The number of anilines is 1. The number of alkyl halides is 3. The van der Waals surface area contributed by atoms with Gasteiger partial charge in [0.05, 0.1) is 24.5 Å². The molecule has 5 N–H and O–H groups in total. The van der Waals surface area contributed by atoms with Crippen LogP contribution in [0.3, 0.4) is 0 Å². The van der Waals surface area contributed by atoms with Gasteiger partial charge in [-0.2, -0.15) is 13.2 Å². The molecule has 5 rings (SSSR count). The maximum absolute atomic E-state index is 13.2. The molecule has 10 nitrogen and oxygen atoms in total. The molecule has 2 aromatic carbocycles. The number of hydrogen-bond acceptors (Lipinski definition) is 8. The third-order valence-corrected chi connectivity index (χ3v) is 9.30. The molecular weight excluding hydrogens is 671 g/mol. The van der Waals surface area contributed by atoms with Crippen LogP contribution in [0.15, 0.2) is 85.2 Å². The molecule has 1 fully saturated rings. The predicted octanol–water partition coefficient (Wildman–Crippen LogP) is 5.29. The molecule has 1 saturated heterocycles. The summed E-state index contributed by atoms with van der Waals surface area (Å²) in [6, 6.07) is 21.2. The van der Waals surface area contributed by atoms with Gasteiger partial charge in [-0.05, 0) is 61.7 Å². The lowest BCUT2D eigenvalue weighted by atomic mass is 10.1. The van der Waals surface area contributed by atoms with Crippen LogP contribution in [0.25, 0.3) is 11.3 Å². The van der Waals surface area contributed by atoms with E-state index in [9.17, 15) is 18.0 Å². The Labute approximate surface area is 304 Å². The number of piperazine rings is 1. The summed E-state index contributed by atoms with van der Waals surface area (Å²) in [4.78, 5) is 21.2. The molecule has 0 saturated carbocycles. The van der Waals surface area contributed by atoms with E-state index in [4.69, 9.17) is 10.2 Å². The van der Waals surface area contributed by atoms with Crippen molar-refractivity contribution in [1.82, 2.24) is 25.2 Å². The number of pyridine rings is 1. The number of aromatic nitrogens is 2. The second kappa shape index (κ2) is 20.1. The largest absolute Gasteiger partial charge is 0.416 e. The second-order valence-corrected chi connectivity index (χ2v) is 12.8. The molecule has 0 bridgehead atoms. The minimum atomic E-state index is -4.36. The van der Waals surface area contributed by atoms with E-state index in [-0.39, 0.29) is 31.2 Å². The highest BCUT2D eigenvalue weighted by molar-refractivity contribution is 6.00. The van der Waals surface area contributed by atoms with Crippen LogP contribution >= 0.6 is 0 Å². The highest BCUT2D eigenvalue weighted by Gasteiger charge is 2.31. The van der Waals surface area contributed by atoms with Crippen LogP contribution in [0, 0.1) is 6.92 Å². The fraction of sp³-hybridized carbons (Fsp3) is 0.436. The molecule has 13 heteroatoms. The maximum Gasteiger partial charge on any atom is 0.416 e. The van der Waals surface area contributed by atoms with Crippen LogP contribution in [-0.2, 0) is 12.7 Å². The zero-order valence-electron chi connectivity index (χ0n) is 30.2. The average Bonchev–Trinajstić information content (AvgIpc) is 3.47. The van der Waals surface area contributed by atoms with Gasteiger partial charge in [0, 0.05) is 92.8 Å². The van der Waals surface area contributed by atoms with Crippen molar-refractivity contribution in [2.24, 2.45) is 0 Å². The number of aliphatic hydroxyl groups excluding tert-OH is 2. The van der Waals surface area contributed by atoms with Crippen LogP contribution in [0.2, 0.25) is 0 Å². The number of nitrogens with zero attached hydrogens (tertiary/aromatic N) is 4. The van der Waals surface area contributed by atoms with Gasteiger partial charge >= 0.3 is 6.18 Å². The number of carbonyl (C=O) groups is 1. The minimum Gasteiger partial charge on any atom is -0.395 e. The van der Waals surface area contributed by atoms with E-state index in [1.165, 1.54) is 12.1 Å². The number of hydrogen-bond donors (Lipinski definition) is 5. The summed E-state index contributed by atoms with van der Waals surface area (Å²) in [5.74, 6) is -0.232. The van der Waals surface area contributed by atoms with Gasteiger partial charge in [-0.25, -0.2) is 0 Å². The molecule has 2 aromatic heterocycles. The molecular formula is C39H52F3N7O3. The number of rotatable bonds is 15. The first-order valence-corrected chi connectivity index (χ1v) is 17.9. The molecule has 2 atom stereocenters. The number of halogens is 3. The minimum absolute atomic E-state index is 0.188. The van der Waals surface area contributed by atoms with Crippen molar-refractivity contribution in [2.75, 3.05) is 62.8 Å². The fourth-order valence-electron chi connectivity index (χ4n) is 5.97. The van der Waals surface area contributed by atoms with Crippen LogP contribution in [0.5, 0.6) is 0 Å². The average molecular weight is 724 g/mol.